The van der Waals surface area contributed by atoms with E-state index < -0.39 is 45.6 Å². The fourth-order valence-electron chi connectivity index (χ4n) is 1.91. The number of alkyl halides is 2. The molecule has 10 heteroatoms. The van der Waals surface area contributed by atoms with Gasteiger partial charge in [-0.15, -0.1) is 0 Å². The van der Waals surface area contributed by atoms with Crippen molar-refractivity contribution < 1.29 is 37.5 Å². The molecule has 0 unspecified atom stereocenters. The summed E-state index contributed by atoms with van der Waals surface area (Å²) in [5, 5.41) is 0. The molecule has 0 bridgehead atoms. The van der Waals surface area contributed by atoms with E-state index in [0.29, 0.717) is 0 Å². The molecule has 0 aliphatic carbocycles. The molecule has 24 heavy (non-hydrogen) atoms. The number of hydrogen-bond acceptors (Lipinski definition) is 5. The predicted octanol–water partition coefficient (Wildman–Crippen LogP) is 0.932. The number of carbonyl (C=O) groups is 1. The first kappa shape index (κ1) is 23.3. The molecule has 0 radical (unpaired) electrons. The zero-order valence-electron chi connectivity index (χ0n) is 14.8. The average Bonchev–Trinajstić information content (AvgIpc) is 2.74. The van der Waals surface area contributed by atoms with Gasteiger partial charge in [0.15, 0.2) is 5.79 Å². The lowest BCUT2D eigenvalue weighted by Crippen LogP contribution is -2.59. The van der Waals surface area contributed by atoms with Crippen molar-refractivity contribution in [1.82, 2.24) is 4.72 Å². The van der Waals surface area contributed by atoms with Gasteiger partial charge in [0.2, 0.25) is 0 Å². The molecule has 0 spiro atoms. The van der Waals surface area contributed by atoms with Gasteiger partial charge in [-0.3, -0.25) is 0 Å². The molecule has 0 saturated carbocycles. The second-order valence-corrected chi connectivity index (χ2v) is 8.69. The summed E-state index contributed by atoms with van der Waals surface area (Å²) in [5.74, 6) is -6.65. The van der Waals surface area contributed by atoms with Crippen LogP contribution in [0.3, 0.4) is 0 Å². The molecule has 0 amide bonds. The molecule has 1 aliphatic rings. The second-order valence-electron chi connectivity index (χ2n) is 6.69. The molecular weight excluding hydrogens is 348 g/mol. The molecule has 1 heterocycles. The maximum absolute atomic E-state index is 14.5. The first-order chi connectivity index (χ1) is 10.3. The minimum Gasteiger partial charge on any atom is -0.462 e. The summed E-state index contributed by atoms with van der Waals surface area (Å²) in [4.78, 5) is 11.6. The van der Waals surface area contributed by atoms with E-state index in [-0.39, 0.29) is 18.7 Å². The number of esters is 1. The first-order valence-electron chi connectivity index (χ1n) is 7.36. The number of rotatable bonds is 6. The van der Waals surface area contributed by atoms with Crippen molar-refractivity contribution >= 4 is 17.0 Å². The third kappa shape index (κ3) is 5.69. The van der Waals surface area contributed by atoms with Gasteiger partial charge in [-0.05, 0) is 41.5 Å². The lowest BCUT2D eigenvalue weighted by molar-refractivity contribution is -0.186. The van der Waals surface area contributed by atoms with Gasteiger partial charge in [0.1, 0.15) is 12.1 Å². The summed E-state index contributed by atoms with van der Waals surface area (Å²) in [6, 6.07) is -1.83. The summed E-state index contributed by atoms with van der Waals surface area (Å²) in [6.45, 7) is 9.14. The van der Waals surface area contributed by atoms with Crippen LogP contribution in [0, 0.1) is 0 Å². The van der Waals surface area contributed by atoms with Crippen LogP contribution in [0.15, 0.2) is 0 Å². The Balaban J connectivity index is 0.00000529. The second kappa shape index (κ2) is 8.13. The van der Waals surface area contributed by atoms with E-state index in [2.05, 4.69) is 9.46 Å². The highest BCUT2D eigenvalue weighted by Gasteiger charge is 2.56. The predicted molar refractivity (Wildman–Crippen MR) is 84.9 cm³/mol. The Hall–Kier alpha value is -0.680. The number of hydrogen-bond donors (Lipinski definition) is 1. The molecule has 144 valence electrons. The van der Waals surface area contributed by atoms with E-state index in [0.717, 1.165) is 0 Å². The van der Waals surface area contributed by atoms with E-state index in [1.165, 1.54) is 6.92 Å². The Bertz CT molecular complexity index is 467. The quantitative estimate of drug-likeness (QED) is 0.696. The molecule has 1 aliphatic heterocycles. The lowest BCUT2D eigenvalue weighted by atomic mass is 10.1. The van der Waals surface area contributed by atoms with Crippen molar-refractivity contribution in [1.29, 1.82) is 0 Å². The number of carbonyl (C=O) groups excluding carboxylic acids is 1. The maximum Gasteiger partial charge on any atom is 0.378 e. The lowest BCUT2D eigenvalue weighted by Gasteiger charge is -2.32. The Morgan fingerprint density at radius 3 is 2.33 bits per heavy atom. The zero-order chi connectivity index (χ0) is 18.1. The highest BCUT2D eigenvalue weighted by Crippen LogP contribution is 2.32. The zero-order valence-corrected chi connectivity index (χ0v) is 15.6. The summed E-state index contributed by atoms with van der Waals surface area (Å²) in [6.07, 6.45) is -1.14. The Morgan fingerprint density at radius 1 is 1.42 bits per heavy atom. The van der Waals surface area contributed by atoms with E-state index >= 15 is 0 Å². The van der Waals surface area contributed by atoms with Gasteiger partial charge < -0.3 is 19.7 Å². The summed E-state index contributed by atoms with van der Waals surface area (Å²) >= 11 is 0. The van der Waals surface area contributed by atoms with Crippen molar-refractivity contribution in [2.75, 3.05) is 13.2 Å². The van der Waals surface area contributed by atoms with Crippen molar-refractivity contribution in [3.8, 4) is 0 Å². The van der Waals surface area contributed by atoms with Crippen LogP contribution in [0.25, 0.3) is 0 Å². The SMILES string of the molecule is CCOC(=O)C(F)(F)[C@H](N[S@@](=O)C(C)(C)C)[C@H]1COC(C)(C)O1.O. The Kier molecular flexibility index (Phi) is 7.90. The Labute approximate surface area is 143 Å². The molecule has 3 atom stereocenters. The molecule has 0 aromatic rings. The molecule has 0 aromatic carbocycles. The average molecular weight is 375 g/mol. The van der Waals surface area contributed by atoms with Crippen LogP contribution in [0.4, 0.5) is 8.78 Å². The normalized spacial score (nSPS) is 23.2. The van der Waals surface area contributed by atoms with Crippen LogP contribution < -0.4 is 4.72 Å². The molecule has 7 nitrogen and oxygen atoms in total. The highest BCUT2D eigenvalue weighted by atomic mass is 32.2. The van der Waals surface area contributed by atoms with Crippen LogP contribution in [-0.4, -0.2) is 57.5 Å². The fraction of sp³-hybridized carbons (Fsp3) is 0.929. The van der Waals surface area contributed by atoms with Crippen molar-refractivity contribution in [3.63, 3.8) is 0 Å². The minimum atomic E-state index is -3.91. The molecular formula is C14H27F2NO6S. The highest BCUT2D eigenvalue weighted by molar-refractivity contribution is 7.84. The number of nitrogens with one attached hydrogen (secondary N) is 1. The third-order valence-corrected chi connectivity index (χ3v) is 4.71. The van der Waals surface area contributed by atoms with Crippen molar-refractivity contribution in [2.24, 2.45) is 0 Å². The fourth-order valence-corrected chi connectivity index (χ4v) is 2.79. The number of halogens is 2. The first-order valence-corrected chi connectivity index (χ1v) is 8.51. The van der Waals surface area contributed by atoms with Crippen LogP contribution in [0.2, 0.25) is 0 Å². The van der Waals surface area contributed by atoms with E-state index in [9.17, 15) is 17.8 Å². The third-order valence-electron chi connectivity index (χ3n) is 3.13. The molecule has 1 rings (SSSR count). The summed E-state index contributed by atoms with van der Waals surface area (Å²) < 4.78 is 58.0. The molecule has 3 N–H and O–H groups in total. The Morgan fingerprint density at radius 2 is 1.96 bits per heavy atom. The van der Waals surface area contributed by atoms with E-state index in [4.69, 9.17) is 9.47 Å². The largest absolute Gasteiger partial charge is 0.462 e. The van der Waals surface area contributed by atoms with E-state index in [1.54, 1.807) is 34.6 Å². The van der Waals surface area contributed by atoms with Crippen molar-refractivity contribution in [3.05, 3.63) is 0 Å². The van der Waals surface area contributed by atoms with Gasteiger partial charge in [-0.1, -0.05) is 0 Å². The van der Waals surface area contributed by atoms with Gasteiger partial charge in [0.05, 0.1) is 28.9 Å². The number of ether oxygens (including phenoxy) is 3. The maximum atomic E-state index is 14.5. The summed E-state index contributed by atoms with van der Waals surface area (Å²) in [5.41, 5.74) is 0. The van der Waals surface area contributed by atoms with Crippen LogP contribution in [0.5, 0.6) is 0 Å². The van der Waals surface area contributed by atoms with Crippen molar-refractivity contribution in [2.45, 2.75) is 70.1 Å². The topological polar surface area (TPSA) is 105 Å². The standard InChI is InChI=1S/C14H25F2NO5S.H2O/c1-7-20-11(18)14(15,16)10(17-23(19)12(2,3)4)9-8-21-13(5,6)22-9;/h9-10,17H,7-8H2,1-6H3;1H2/t9-,10-,23+;/m1./s1. The summed E-state index contributed by atoms with van der Waals surface area (Å²) in [7, 11) is -1.83. The molecule has 1 saturated heterocycles. The smallest absolute Gasteiger partial charge is 0.378 e. The van der Waals surface area contributed by atoms with Gasteiger partial charge in [-0.25, -0.2) is 13.7 Å². The molecule has 1 fully saturated rings. The van der Waals surface area contributed by atoms with Gasteiger partial charge in [-0.2, -0.15) is 8.78 Å². The molecule has 0 aromatic heterocycles. The minimum absolute atomic E-state index is 0. The van der Waals surface area contributed by atoms with Gasteiger partial charge in [0, 0.05) is 0 Å². The van der Waals surface area contributed by atoms with Gasteiger partial charge in [0.25, 0.3) is 0 Å². The van der Waals surface area contributed by atoms with Crippen LogP contribution in [-0.2, 0) is 30.0 Å². The van der Waals surface area contributed by atoms with Gasteiger partial charge >= 0.3 is 11.9 Å². The van der Waals surface area contributed by atoms with Crippen LogP contribution in [0.1, 0.15) is 41.5 Å². The van der Waals surface area contributed by atoms with E-state index in [1.807, 2.05) is 0 Å². The monoisotopic (exact) mass is 375 g/mol. The van der Waals surface area contributed by atoms with Crippen LogP contribution >= 0.6 is 0 Å².